The predicted molar refractivity (Wildman–Crippen MR) is 68.0 cm³/mol. The highest BCUT2D eigenvalue weighted by Gasteiger charge is 2.18. The Morgan fingerprint density at radius 2 is 1.80 bits per heavy atom. The van der Waals surface area contributed by atoms with Gasteiger partial charge in [0.05, 0.1) is 5.60 Å². The van der Waals surface area contributed by atoms with Crippen molar-refractivity contribution in [2.75, 3.05) is 0 Å². The highest BCUT2D eigenvalue weighted by Crippen LogP contribution is 2.21. The first-order valence-corrected chi connectivity index (χ1v) is 6.33. The normalized spacial score (nSPS) is 14.7. The van der Waals surface area contributed by atoms with Crippen molar-refractivity contribution in [1.82, 2.24) is 0 Å². The van der Waals surface area contributed by atoms with Crippen molar-refractivity contribution in [3.05, 3.63) is 11.6 Å². The lowest BCUT2D eigenvalue weighted by atomic mass is 9.92. The Morgan fingerprint density at radius 3 is 2.33 bits per heavy atom. The Balaban J connectivity index is 3.62. The maximum atomic E-state index is 10.1. The summed E-state index contributed by atoms with van der Waals surface area (Å²) in [6.45, 7) is 8.40. The van der Waals surface area contributed by atoms with Crippen molar-refractivity contribution >= 4 is 0 Å². The topological polar surface area (TPSA) is 20.2 Å². The van der Waals surface area contributed by atoms with Crippen LogP contribution in [-0.4, -0.2) is 10.7 Å². The van der Waals surface area contributed by atoms with Gasteiger partial charge in [-0.1, -0.05) is 44.3 Å². The van der Waals surface area contributed by atoms with Crippen LogP contribution in [0.5, 0.6) is 0 Å². The summed E-state index contributed by atoms with van der Waals surface area (Å²) in [4.78, 5) is 0. The molecule has 0 aliphatic carbocycles. The number of hydrogen-bond acceptors (Lipinski definition) is 1. The van der Waals surface area contributed by atoms with E-state index in [1.165, 1.54) is 24.8 Å². The third-order valence-corrected chi connectivity index (χ3v) is 2.80. The first-order valence-electron chi connectivity index (χ1n) is 6.33. The van der Waals surface area contributed by atoms with Gasteiger partial charge >= 0.3 is 0 Å². The van der Waals surface area contributed by atoms with Gasteiger partial charge in [-0.2, -0.15) is 0 Å². The fourth-order valence-corrected chi connectivity index (χ4v) is 1.73. The third-order valence-electron chi connectivity index (χ3n) is 2.80. The second kappa shape index (κ2) is 7.92. The largest absolute Gasteiger partial charge is 0.390 e. The molecular weight excluding hydrogens is 184 g/mol. The highest BCUT2D eigenvalue weighted by atomic mass is 16.3. The van der Waals surface area contributed by atoms with E-state index in [2.05, 4.69) is 26.8 Å². The molecule has 0 aromatic rings. The first kappa shape index (κ1) is 14.7. The second-order valence-corrected chi connectivity index (χ2v) is 5.13. The molecule has 1 N–H and O–H groups in total. The monoisotopic (exact) mass is 212 g/mol. The number of unbranched alkanes of at least 4 members (excludes halogenated alkanes) is 3. The molecule has 0 aliphatic heterocycles. The molecule has 0 rings (SSSR count). The Bertz CT molecular complexity index is 176. The molecule has 1 atom stereocenters. The fourth-order valence-electron chi connectivity index (χ4n) is 1.73. The van der Waals surface area contributed by atoms with Crippen molar-refractivity contribution in [2.45, 2.75) is 78.2 Å². The molecule has 90 valence electrons. The van der Waals surface area contributed by atoms with Crippen molar-refractivity contribution in [1.29, 1.82) is 0 Å². The van der Waals surface area contributed by atoms with Gasteiger partial charge in [0, 0.05) is 0 Å². The predicted octanol–water partition coefficient (Wildman–Crippen LogP) is 4.45. The van der Waals surface area contributed by atoms with E-state index in [4.69, 9.17) is 0 Å². The van der Waals surface area contributed by atoms with E-state index in [0.717, 1.165) is 25.7 Å². The van der Waals surface area contributed by atoms with Gasteiger partial charge < -0.3 is 5.11 Å². The van der Waals surface area contributed by atoms with Crippen molar-refractivity contribution in [3.8, 4) is 0 Å². The molecule has 0 bridgehead atoms. The molecular formula is C14H28O. The molecule has 0 aromatic carbocycles. The zero-order chi connectivity index (χ0) is 11.7. The summed E-state index contributed by atoms with van der Waals surface area (Å²) in [5, 5.41) is 10.1. The molecule has 0 aromatic heterocycles. The molecule has 0 spiro atoms. The molecule has 0 fully saturated rings. The first-order chi connectivity index (χ1) is 6.98. The van der Waals surface area contributed by atoms with E-state index < -0.39 is 5.60 Å². The summed E-state index contributed by atoms with van der Waals surface area (Å²) in [6.07, 6.45) is 10.0. The Labute approximate surface area is 95.6 Å². The minimum Gasteiger partial charge on any atom is -0.390 e. The lowest BCUT2D eigenvalue weighted by Crippen LogP contribution is -2.23. The second-order valence-electron chi connectivity index (χ2n) is 5.13. The number of allylic oxidation sites excluding steroid dienone is 2. The van der Waals surface area contributed by atoms with E-state index in [9.17, 15) is 5.11 Å². The third kappa shape index (κ3) is 9.99. The summed E-state index contributed by atoms with van der Waals surface area (Å²) in [5.41, 5.74) is 0.886. The van der Waals surface area contributed by atoms with Crippen LogP contribution in [0.1, 0.15) is 72.6 Å². The van der Waals surface area contributed by atoms with Crippen LogP contribution in [0.15, 0.2) is 11.6 Å². The zero-order valence-electron chi connectivity index (χ0n) is 11.0. The molecule has 0 heterocycles. The smallest absolute Gasteiger partial charge is 0.0622 e. The van der Waals surface area contributed by atoms with Crippen LogP contribution >= 0.6 is 0 Å². The fraction of sp³-hybridized carbons (Fsp3) is 0.857. The van der Waals surface area contributed by atoms with Crippen LogP contribution in [0.2, 0.25) is 0 Å². The molecule has 1 heteroatoms. The average Bonchev–Trinajstić information content (AvgIpc) is 2.11. The summed E-state index contributed by atoms with van der Waals surface area (Å²) in [7, 11) is 0. The number of rotatable bonds is 8. The minimum atomic E-state index is -0.459. The van der Waals surface area contributed by atoms with Gasteiger partial charge in [-0.25, -0.2) is 0 Å². The standard InChI is InChI=1S/C14H28O/c1-5-6-7-8-11-14(4,15)12-9-10-13(2)3/h10,15H,5-9,11-12H2,1-4H3/t14-/m0/s1. The van der Waals surface area contributed by atoms with Crippen LogP contribution in [0.25, 0.3) is 0 Å². The van der Waals surface area contributed by atoms with Gasteiger partial charge in [0.25, 0.3) is 0 Å². The average molecular weight is 212 g/mol. The zero-order valence-corrected chi connectivity index (χ0v) is 11.0. The molecule has 0 saturated carbocycles. The van der Waals surface area contributed by atoms with E-state index in [-0.39, 0.29) is 0 Å². The van der Waals surface area contributed by atoms with Gasteiger partial charge in [-0.05, 0) is 40.0 Å². The SMILES string of the molecule is CCCCCC[C@](C)(O)CCC=C(C)C. The van der Waals surface area contributed by atoms with Crippen LogP contribution < -0.4 is 0 Å². The molecule has 1 nitrogen and oxygen atoms in total. The Hall–Kier alpha value is -0.300. The molecule has 0 unspecified atom stereocenters. The van der Waals surface area contributed by atoms with Gasteiger partial charge in [-0.3, -0.25) is 0 Å². The molecule has 0 saturated heterocycles. The lowest BCUT2D eigenvalue weighted by molar-refractivity contribution is 0.0402. The van der Waals surface area contributed by atoms with Gasteiger partial charge in [-0.15, -0.1) is 0 Å². The number of aliphatic hydroxyl groups is 1. The van der Waals surface area contributed by atoms with Crippen LogP contribution in [0.4, 0.5) is 0 Å². The minimum absolute atomic E-state index is 0.459. The van der Waals surface area contributed by atoms with Crippen LogP contribution in [0.3, 0.4) is 0 Å². The Kier molecular flexibility index (Phi) is 7.76. The van der Waals surface area contributed by atoms with Crippen molar-refractivity contribution in [2.24, 2.45) is 0 Å². The summed E-state index contributed by atoms with van der Waals surface area (Å²) in [6, 6.07) is 0. The van der Waals surface area contributed by atoms with Crippen LogP contribution in [0, 0.1) is 0 Å². The van der Waals surface area contributed by atoms with E-state index >= 15 is 0 Å². The summed E-state index contributed by atoms with van der Waals surface area (Å²) >= 11 is 0. The molecule has 0 amide bonds. The van der Waals surface area contributed by atoms with Crippen molar-refractivity contribution < 1.29 is 5.11 Å². The lowest BCUT2D eigenvalue weighted by Gasteiger charge is -2.22. The maximum Gasteiger partial charge on any atom is 0.0622 e. The van der Waals surface area contributed by atoms with Gasteiger partial charge in [0.2, 0.25) is 0 Å². The van der Waals surface area contributed by atoms with Gasteiger partial charge in [0.15, 0.2) is 0 Å². The summed E-state index contributed by atoms with van der Waals surface area (Å²) in [5.74, 6) is 0. The molecule has 0 radical (unpaired) electrons. The molecule has 0 aliphatic rings. The molecule has 15 heavy (non-hydrogen) atoms. The van der Waals surface area contributed by atoms with Gasteiger partial charge in [0.1, 0.15) is 0 Å². The number of hydrogen-bond donors (Lipinski definition) is 1. The van der Waals surface area contributed by atoms with E-state index in [1.807, 2.05) is 6.92 Å². The highest BCUT2D eigenvalue weighted by molar-refractivity contribution is 4.94. The van der Waals surface area contributed by atoms with Crippen LogP contribution in [-0.2, 0) is 0 Å². The van der Waals surface area contributed by atoms with Crippen molar-refractivity contribution in [3.63, 3.8) is 0 Å². The van der Waals surface area contributed by atoms with E-state index in [1.54, 1.807) is 0 Å². The maximum absolute atomic E-state index is 10.1. The Morgan fingerprint density at radius 1 is 1.13 bits per heavy atom. The quantitative estimate of drug-likeness (QED) is 0.465. The summed E-state index contributed by atoms with van der Waals surface area (Å²) < 4.78 is 0. The van der Waals surface area contributed by atoms with E-state index in [0.29, 0.717) is 0 Å².